The van der Waals surface area contributed by atoms with Crippen LogP contribution in [0.3, 0.4) is 0 Å². The fourth-order valence-electron chi connectivity index (χ4n) is 9.37. The van der Waals surface area contributed by atoms with Gasteiger partial charge in [0, 0.05) is 19.3 Å². The van der Waals surface area contributed by atoms with Gasteiger partial charge in [0.2, 0.25) is 0 Å². The lowest BCUT2D eigenvalue weighted by Crippen LogP contribution is -2.30. The summed E-state index contributed by atoms with van der Waals surface area (Å²) in [6.45, 7) is 6.39. The summed E-state index contributed by atoms with van der Waals surface area (Å²) in [6.07, 6.45) is 97.6. The normalized spacial score (nSPS) is 13.0. The summed E-state index contributed by atoms with van der Waals surface area (Å²) >= 11 is 0. The van der Waals surface area contributed by atoms with Crippen molar-refractivity contribution in [1.82, 2.24) is 0 Å². The summed E-state index contributed by atoms with van der Waals surface area (Å²) in [5.41, 5.74) is 0. The maximum Gasteiger partial charge on any atom is 0.306 e. The Kier molecular flexibility index (Phi) is 65.3. The molecule has 6 heteroatoms. The largest absolute Gasteiger partial charge is 0.462 e. The first kappa shape index (κ1) is 77.5. The highest BCUT2D eigenvalue weighted by Gasteiger charge is 2.19. The van der Waals surface area contributed by atoms with Gasteiger partial charge in [0.05, 0.1) is 0 Å². The van der Waals surface area contributed by atoms with Gasteiger partial charge in [-0.3, -0.25) is 14.4 Å². The van der Waals surface area contributed by atoms with E-state index in [-0.39, 0.29) is 37.5 Å². The molecule has 0 rings (SSSR count). The van der Waals surface area contributed by atoms with Gasteiger partial charge >= 0.3 is 17.9 Å². The van der Waals surface area contributed by atoms with E-state index in [0.717, 1.165) is 116 Å². The van der Waals surface area contributed by atoms with Crippen molar-refractivity contribution in [2.24, 2.45) is 0 Å². The van der Waals surface area contributed by atoms with Crippen molar-refractivity contribution in [3.8, 4) is 0 Å². The Morgan fingerprint density at radius 1 is 0.256 bits per heavy atom. The molecule has 0 aromatic heterocycles. The molecule has 0 spiro atoms. The first-order valence-electron chi connectivity index (χ1n) is 34.2. The summed E-state index contributed by atoms with van der Waals surface area (Å²) in [4.78, 5) is 38.4. The van der Waals surface area contributed by atoms with Crippen molar-refractivity contribution in [1.29, 1.82) is 0 Å². The van der Waals surface area contributed by atoms with E-state index >= 15 is 0 Å². The van der Waals surface area contributed by atoms with E-state index in [2.05, 4.69) is 154 Å². The topological polar surface area (TPSA) is 78.9 Å². The van der Waals surface area contributed by atoms with Crippen LogP contribution >= 0.6 is 0 Å². The highest BCUT2D eigenvalue weighted by atomic mass is 16.6. The molecule has 0 aromatic carbocycles. The van der Waals surface area contributed by atoms with Crippen molar-refractivity contribution < 1.29 is 28.6 Å². The van der Waals surface area contributed by atoms with Crippen molar-refractivity contribution >= 4 is 17.9 Å². The van der Waals surface area contributed by atoms with E-state index in [1.54, 1.807) is 0 Å². The lowest BCUT2D eigenvalue weighted by molar-refractivity contribution is -0.167. The zero-order valence-corrected chi connectivity index (χ0v) is 53.5. The predicted octanol–water partition coefficient (Wildman–Crippen LogP) is 23.7. The third-order valence-electron chi connectivity index (χ3n) is 14.4. The smallest absolute Gasteiger partial charge is 0.306 e. The van der Waals surface area contributed by atoms with Crippen molar-refractivity contribution in [3.63, 3.8) is 0 Å². The molecular weight excluding hydrogens is 1010 g/mol. The summed E-state index contributed by atoms with van der Waals surface area (Å²) in [6, 6.07) is 0. The first-order chi connectivity index (χ1) is 40.5. The summed E-state index contributed by atoms with van der Waals surface area (Å²) in [7, 11) is 0. The molecule has 0 bridgehead atoms. The van der Waals surface area contributed by atoms with Gasteiger partial charge in [0.15, 0.2) is 6.10 Å². The molecule has 0 radical (unpaired) electrons. The van der Waals surface area contributed by atoms with E-state index in [1.807, 2.05) is 0 Å². The third-order valence-corrected chi connectivity index (χ3v) is 14.4. The lowest BCUT2D eigenvalue weighted by atomic mass is 10.0. The Bertz CT molecular complexity index is 1730. The molecule has 466 valence electrons. The van der Waals surface area contributed by atoms with Crippen LogP contribution in [0.15, 0.2) is 134 Å². The second-order valence-electron chi connectivity index (χ2n) is 22.3. The number of ether oxygens (including phenoxy) is 3. The van der Waals surface area contributed by atoms with Crippen LogP contribution in [-0.4, -0.2) is 37.2 Å². The molecule has 0 aliphatic rings. The highest BCUT2D eigenvalue weighted by molar-refractivity contribution is 5.71. The van der Waals surface area contributed by atoms with Crippen LogP contribution in [0.5, 0.6) is 0 Å². The molecule has 0 aliphatic heterocycles. The second kappa shape index (κ2) is 69.0. The number of esters is 3. The number of rotatable bonds is 61. The molecule has 1 atom stereocenters. The summed E-state index contributed by atoms with van der Waals surface area (Å²) in [5.74, 6) is -0.953. The average Bonchev–Trinajstić information content (AvgIpc) is 3.48. The van der Waals surface area contributed by atoms with Crippen LogP contribution in [0.4, 0.5) is 0 Å². The maximum absolute atomic E-state index is 12.9. The standard InChI is InChI=1S/C76H126O6/c1-4-7-10-13-16-19-22-25-28-31-32-33-34-35-36-37-38-39-40-41-42-43-44-46-48-51-54-57-60-63-66-69-75(78)81-72-73(71-80-74(77)68-65-62-59-56-53-50-47-30-27-24-21-18-15-12-9-6-3)82-76(79)70-67-64-61-58-55-52-49-45-29-26-23-20-17-14-11-8-5-2/h7-8,10-11,16-17,19-20,25-26,28-29,32-33,35-36,38-39,49,52,58,61,73H,4-6,9,12-15,18,21-24,27,30-31,34,37,40-48,50-51,53-57,59-60,62-72H2,1-3H3/b10-7-,11-8-,19-16-,20-17-,28-25-,29-26-,33-32-,36-35-,39-38-,52-49-,61-58-. The molecule has 0 amide bonds. The Morgan fingerprint density at radius 3 is 0.780 bits per heavy atom. The fourth-order valence-corrected chi connectivity index (χ4v) is 9.37. The number of carbonyl (C=O) groups is 3. The molecule has 0 saturated carbocycles. The van der Waals surface area contributed by atoms with Crippen molar-refractivity contribution in [3.05, 3.63) is 134 Å². The summed E-state index contributed by atoms with van der Waals surface area (Å²) in [5, 5.41) is 0. The van der Waals surface area contributed by atoms with E-state index in [0.29, 0.717) is 19.3 Å². The molecule has 6 nitrogen and oxygen atoms in total. The van der Waals surface area contributed by atoms with E-state index in [1.165, 1.54) is 148 Å². The summed E-state index contributed by atoms with van der Waals surface area (Å²) < 4.78 is 16.9. The van der Waals surface area contributed by atoms with Crippen molar-refractivity contribution in [2.75, 3.05) is 13.2 Å². The number of unbranched alkanes of at least 4 members (excludes halogenated alkanes) is 28. The molecule has 0 aliphatic carbocycles. The van der Waals surface area contributed by atoms with Gasteiger partial charge < -0.3 is 14.2 Å². The van der Waals surface area contributed by atoms with Gasteiger partial charge in [-0.15, -0.1) is 0 Å². The van der Waals surface area contributed by atoms with Crippen LogP contribution in [-0.2, 0) is 28.6 Å². The van der Waals surface area contributed by atoms with Gasteiger partial charge in [-0.25, -0.2) is 0 Å². The third kappa shape index (κ3) is 66.4. The Labute approximate surface area is 506 Å². The fraction of sp³-hybridized carbons (Fsp3) is 0.671. The predicted molar refractivity (Wildman–Crippen MR) is 357 cm³/mol. The van der Waals surface area contributed by atoms with Crippen molar-refractivity contribution in [2.45, 2.75) is 316 Å². The van der Waals surface area contributed by atoms with E-state index in [4.69, 9.17) is 14.2 Å². The quantitative estimate of drug-likeness (QED) is 0.0261. The van der Waals surface area contributed by atoms with Gasteiger partial charge in [-0.05, 0) is 109 Å². The minimum atomic E-state index is -0.812. The molecule has 0 saturated heterocycles. The molecule has 0 aromatic rings. The number of hydrogen-bond donors (Lipinski definition) is 0. The Hall–Kier alpha value is -4.45. The van der Waals surface area contributed by atoms with Crippen LogP contribution in [0, 0.1) is 0 Å². The number of allylic oxidation sites excluding steroid dienone is 22. The molecule has 0 N–H and O–H groups in total. The molecule has 82 heavy (non-hydrogen) atoms. The highest BCUT2D eigenvalue weighted by Crippen LogP contribution is 2.17. The van der Waals surface area contributed by atoms with E-state index in [9.17, 15) is 14.4 Å². The molecule has 1 unspecified atom stereocenters. The minimum Gasteiger partial charge on any atom is -0.462 e. The maximum atomic E-state index is 12.9. The van der Waals surface area contributed by atoms with Gasteiger partial charge in [-0.2, -0.15) is 0 Å². The SMILES string of the molecule is CC/C=C\C/C=C\C/C=C\C/C=C\C/C=C\C/C=C\CCCCCCCCCCCCCCC(=O)OCC(COC(=O)CCCCCCCCCCCCCCCCCC)OC(=O)CCC/C=C\C/C=C\C/C=C\C/C=C\C/C=C\CC. The lowest BCUT2D eigenvalue weighted by Gasteiger charge is -2.18. The van der Waals surface area contributed by atoms with Crippen LogP contribution in [0.2, 0.25) is 0 Å². The van der Waals surface area contributed by atoms with E-state index < -0.39 is 6.10 Å². The van der Waals surface area contributed by atoms with Gasteiger partial charge in [0.1, 0.15) is 13.2 Å². The molecule has 0 heterocycles. The Balaban J connectivity index is 4.34. The number of carbonyl (C=O) groups excluding carboxylic acids is 3. The molecular formula is C76H126O6. The zero-order valence-electron chi connectivity index (χ0n) is 53.5. The van der Waals surface area contributed by atoms with Gasteiger partial charge in [-0.1, -0.05) is 315 Å². The first-order valence-corrected chi connectivity index (χ1v) is 34.2. The average molecular weight is 1140 g/mol. The monoisotopic (exact) mass is 1130 g/mol. The minimum absolute atomic E-state index is 0.101. The van der Waals surface area contributed by atoms with Gasteiger partial charge in [0.25, 0.3) is 0 Å². The van der Waals surface area contributed by atoms with Crippen LogP contribution in [0.1, 0.15) is 310 Å². The number of hydrogen-bond acceptors (Lipinski definition) is 6. The second-order valence-corrected chi connectivity index (χ2v) is 22.3. The molecule has 0 fully saturated rings. The zero-order chi connectivity index (χ0) is 59.2. The Morgan fingerprint density at radius 2 is 0.488 bits per heavy atom. The van der Waals surface area contributed by atoms with Crippen LogP contribution < -0.4 is 0 Å². The van der Waals surface area contributed by atoms with Crippen LogP contribution in [0.25, 0.3) is 0 Å².